The highest BCUT2D eigenvalue weighted by Crippen LogP contribution is 2.35. The molecule has 0 atom stereocenters. The van der Waals surface area contributed by atoms with Crippen molar-refractivity contribution in [2.24, 2.45) is 0 Å². The Hall–Kier alpha value is -2.07. The van der Waals surface area contributed by atoms with Crippen LogP contribution in [0.15, 0.2) is 56.6 Å². The number of benzene rings is 2. The van der Waals surface area contributed by atoms with E-state index in [2.05, 4.69) is 36.3 Å². The van der Waals surface area contributed by atoms with Gasteiger partial charge in [0.05, 0.1) is 40.9 Å². The Morgan fingerprint density at radius 3 is 2.77 bits per heavy atom. The van der Waals surface area contributed by atoms with E-state index in [-0.39, 0.29) is 11.7 Å². The second kappa shape index (κ2) is 9.82. The third kappa shape index (κ3) is 4.97. The molecular weight excluding hydrogens is 492 g/mol. The first-order chi connectivity index (χ1) is 14.6. The Labute approximate surface area is 191 Å². The Bertz CT molecular complexity index is 1040. The van der Waals surface area contributed by atoms with E-state index < -0.39 is 0 Å². The highest BCUT2D eigenvalue weighted by Gasteiger charge is 2.19. The summed E-state index contributed by atoms with van der Waals surface area (Å²) in [5.74, 6) is 0.347. The van der Waals surface area contributed by atoms with E-state index >= 15 is 0 Å². The van der Waals surface area contributed by atoms with Gasteiger partial charge < -0.3 is 19.4 Å². The molecule has 4 rings (SSSR count). The number of thioether (sulfide) groups is 1. The highest BCUT2D eigenvalue weighted by molar-refractivity contribution is 9.10. The molecule has 1 aliphatic rings. The zero-order chi connectivity index (χ0) is 20.9. The van der Waals surface area contributed by atoms with E-state index in [1.807, 2.05) is 42.5 Å². The van der Waals surface area contributed by atoms with Gasteiger partial charge in [-0.15, -0.1) is 10.2 Å². The van der Waals surface area contributed by atoms with Gasteiger partial charge in [-0.05, 0) is 40.2 Å². The third-order valence-corrected chi connectivity index (χ3v) is 6.24. The number of aromatic nitrogens is 2. The molecule has 0 unspecified atom stereocenters. The summed E-state index contributed by atoms with van der Waals surface area (Å²) in [4.78, 5) is 14.7. The number of morpholine rings is 1. The lowest BCUT2D eigenvalue weighted by Gasteiger charge is -2.31. The molecule has 0 bridgehead atoms. The number of nitrogens with zero attached hydrogens (tertiary/aromatic N) is 3. The van der Waals surface area contributed by atoms with E-state index in [4.69, 9.17) is 20.8 Å². The van der Waals surface area contributed by atoms with E-state index in [9.17, 15) is 4.79 Å². The number of halogens is 2. The lowest BCUT2D eigenvalue weighted by molar-refractivity contribution is -0.113. The number of hydrogen-bond donors (Lipinski definition) is 1. The van der Waals surface area contributed by atoms with Crippen LogP contribution in [0.25, 0.3) is 11.5 Å². The molecule has 0 radical (unpaired) electrons. The normalized spacial score (nSPS) is 14.0. The topological polar surface area (TPSA) is 80.5 Å². The Kier molecular flexibility index (Phi) is 6.93. The average molecular weight is 510 g/mol. The lowest BCUT2D eigenvalue weighted by Crippen LogP contribution is -2.37. The lowest BCUT2D eigenvalue weighted by atomic mass is 10.2. The van der Waals surface area contributed by atoms with Crippen LogP contribution >= 0.6 is 39.3 Å². The summed E-state index contributed by atoms with van der Waals surface area (Å²) in [5.41, 5.74) is 2.29. The van der Waals surface area contributed by atoms with Crippen LogP contribution in [0.4, 0.5) is 11.4 Å². The molecule has 0 saturated carbocycles. The van der Waals surface area contributed by atoms with E-state index in [0.29, 0.717) is 35.0 Å². The second-order valence-corrected chi connectivity index (χ2v) is 8.61. The van der Waals surface area contributed by atoms with Gasteiger partial charge in [0.2, 0.25) is 11.8 Å². The molecule has 1 aromatic heterocycles. The molecule has 0 spiro atoms. The fraction of sp³-hybridized carbons (Fsp3) is 0.250. The van der Waals surface area contributed by atoms with Crippen LogP contribution in [-0.4, -0.2) is 48.2 Å². The van der Waals surface area contributed by atoms with Crippen LogP contribution in [0.2, 0.25) is 5.02 Å². The van der Waals surface area contributed by atoms with Gasteiger partial charge in [0.15, 0.2) is 0 Å². The van der Waals surface area contributed by atoms with Gasteiger partial charge in [-0.3, -0.25) is 4.79 Å². The maximum Gasteiger partial charge on any atom is 0.277 e. The van der Waals surface area contributed by atoms with Crippen LogP contribution in [0.5, 0.6) is 0 Å². The highest BCUT2D eigenvalue weighted by atomic mass is 79.9. The monoisotopic (exact) mass is 508 g/mol. The number of ether oxygens (including phenoxy) is 1. The van der Waals surface area contributed by atoms with Crippen molar-refractivity contribution in [1.82, 2.24) is 10.2 Å². The Balaban J connectivity index is 1.40. The number of amides is 1. The number of para-hydroxylation sites is 1. The van der Waals surface area contributed by atoms with Crippen LogP contribution in [0.1, 0.15) is 0 Å². The zero-order valence-electron chi connectivity index (χ0n) is 15.8. The Morgan fingerprint density at radius 1 is 1.17 bits per heavy atom. The molecular formula is C20H18BrClN4O3S. The number of hydrogen-bond acceptors (Lipinski definition) is 7. The van der Waals surface area contributed by atoms with Crippen molar-refractivity contribution in [3.63, 3.8) is 0 Å². The van der Waals surface area contributed by atoms with Crippen molar-refractivity contribution in [3.8, 4) is 11.5 Å². The second-order valence-electron chi connectivity index (χ2n) is 6.43. The zero-order valence-corrected chi connectivity index (χ0v) is 19.0. The van der Waals surface area contributed by atoms with E-state index in [1.54, 1.807) is 0 Å². The molecule has 1 saturated heterocycles. The SMILES string of the molecule is O=C(CSc1nnc(-c2ccccc2Br)o1)Nc1cccc(Cl)c1N1CCOCC1. The van der Waals surface area contributed by atoms with E-state index in [1.165, 1.54) is 11.8 Å². The van der Waals surface area contributed by atoms with Gasteiger partial charge >= 0.3 is 0 Å². The first-order valence-corrected chi connectivity index (χ1v) is 11.4. The van der Waals surface area contributed by atoms with Crippen molar-refractivity contribution in [2.45, 2.75) is 5.22 Å². The molecule has 2 heterocycles. The van der Waals surface area contributed by atoms with Crippen LogP contribution in [0, 0.1) is 0 Å². The smallest absolute Gasteiger partial charge is 0.277 e. The van der Waals surface area contributed by atoms with Gasteiger partial charge in [0.25, 0.3) is 5.22 Å². The van der Waals surface area contributed by atoms with Crippen molar-refractivity contribution in [2.75, 3.05) is 42.3 Å². The number of carbonyl (C=O) groups is 1. The summed E-state index contributed by atoms with van der Waals surface area (Å²) in [6.07, 6.45) is 0. The minimum absolute atomic E-state index is 0.132. The summed E-state index contributed by atoms with van der Waals surface area (Å²) in [6.45, 7) is 2.71. The molecule has 3 aromatic rings. The maximum atomic E-state index is 12.5. The molecule has 10 heteroatoms. The van der Waals surface area contributed by atoms with Crippen LogP contribution < -0.4 is 10.2 Å². The quantitative estimate of drug-likeness (QED) is 0.482. The molecule has 2 aromatic carbocycles. The fourth-order valence-electron chi connectivity index (χ4n) is 3.05. The summed E-state index contributed by atoms with van der Waals surface area (Å²) >= 11 is 11.1. The van der Waals surface area contributed by atoms with Crippen LogP contribution in [-0.2, 0) is 9.53 Å². The van der Waals surface area contributed by atoms with E-state index in [0.717, 1.165) is 28.8 Å². The largest absolute Gasteiger partial charge is 0.411 e. The summed E-state index contributed by atoms with van der Waals surface area (Å²) in [5, 5.41) is 11.9. The molecule has 1 fully saturated rings. The van der Waals surface area contributed by atoms with Gasteiger partial charge in [-0.1, -0.05) is 41.6 Å². The molecule has 0 aliphatic carbocycles. The van der Waals surface area contributed by atoms with Crippen LogP contribution in [0.3, 0.4) is 0 Å². The first-order valence-electron chi connectivity index (χ1n) is 9.24. The standard InChI is InChI=1S/C20H18BrClN4O3S/c21-14-5-2-1-4-13(14)19-24-25-20(29-19)30-12-17(27)23-16-7-3-6-15(22)18(16)26-8-10-28-11-9-26/h1-7H,8-12H2,(H,23,27). The molecule has 156 valence electrons. The fourth-order valence-corrected chi connectivity index (χ4v) is 4.36. The third-order valence-electron chi connectivity index (χ3n) is 4.43. The summed E-state index contributed by atoms with van der Waals surface area (Å²) in [7, 11) is 0. The number of carbonyl (C=O) groups excluding carboxylic acids is 1. The minimum atomic E-state index is -0.183. The van der Waals surface area contributed by atoms with Gasteiger partial charge in [0.1, 0.15) is 0 Å². The molecule has 1 amide bonds. The maximum absolute atomic E-state index is 12.5. The van der Waals surface area contributed by atoms with Gasteiger partial charge in [-0.2, -0.15) is 0 Å². The molecule has 1 N–H and O–H groups in total. The number of anilines is 2. The van der Waals surface area contributed by atoms with Crippen molar-refractivity contribution < 1.29 is 13.9 Å². The number of nitrogens with one attached hydrogen (secondary N) is 1. The van der Waals surface area contributed by atoms with Gasteiger partial charge in [0, 0.05) is 17.6 Å². The van der Waals surface area contributed by atoms with Gasteiger partial charge in [-0.25, -0.2) is 0 Å². The molecule has 1 aliphatic heterocycles. The molecule has 30 heavy (non-hydrogen) atoms. The first kappa shape index (κ1) is 21.2. The minimum Gasteiger partial charge on any atom is -0.411 e. The summed E-state index contributed by atoms with van der Waals surface area (Å²) < 4.78 is 11.9. The average Bonchev–Trinajstić information content (AvgIpc) is 3.22. The predicted molar refractivity (Wildman–Crippen MR) is 121 cm³/mol. The Morgan fingerprint density at radius 2 is 1.97 bits per heavy atom. The summed E-state index contributed by atoms with van der Waals surface area (Å²) in [6, 6.07) is 13.1. The van der Waals surface area contributed by atoms with Crippen molar-refractivity contribution in [1.29, 1.82) is 0 Å². The number of rotatable bonds is 6. The predicted octanol–water partition coefficient (Wildman–Crippen LogP) is 4.72. The van der Waals surface area contributed by atoms with Crippen molar-refractivity contribution >= 4 is 56.6 Å². The molecule has 7 nitrogen and oxygen atoms in total. The van der Waals surface area contributed by atoms with Crippen molar-refractivity contribution in [3.05, 3.63) is 52.0 Å².